The molecule has 0 spiro atoms. The molecule has 0 atom stereocenters. The Balaban J connectivity index is 0.00000512. The first-order valence-corrected chi connectivity index (χ1v) is 12.9. The van der Waals surface area contributed by atoms with E-state index in [9.17, 15) is 18.1 Å². The fraction of sp³-hybridized carbons (Fsp3) is 0.520. The molecule has 0 amide bonds. The van der Waals surface area contributed by atoms with E-state index < -0.39 is 10.1 Å². The van der Waals surface area contributed by atoms with Crippen molar-refractivity contribution in [2.75, 3.05) is 0 Å². The van der Waals surface area contributed by atoms with E-state index in [1.54, 1.807) is 24.3 Å². The Bertz CT molecular complexity index is 899. The van der Waals surface area contributed by atoms with Crippen LogP contribution < -0.4 is 61.2 Å². The standard InChI is InChI=1S/C25H36O5S.K/c1-2-3-4-5-6-7-8-9-10-11-12-15-21-16-13-19-24(25(21)31(27,28)29)30-23-18-14-17-22(26)20-23;/h13-14,16-20,26H,2-12,15H2,1H3,(H,27,28,29);/q;+1/p-1. The molecular formula is C25H35KO5S. The van der Waals surface area contributed by atoms with Gasteiger partial charge in [-0.25, -0.2) is 0 Å². The molecule has 7 heteroatoms. The molecular weight excluding hydrogens is 451 g/mol. The largest absolute Gasteiger partial charge is 1.00 e. The molecule has 32 heavy (non-hydrogen) atoms. The number of ether oxygens (including phenoxy) is 1. The summed E-state index contributed by atoms with van der Waals surface area (Å²) in [7, 11) is -4.46. The normalized spacial score (nSPS) is 11.2. The topological polar surface area (TPSA) is 86.7 Å². The van der Waals surface area contributed by atoms with Gasteiger partial charge >= 0.3 is 51.4 Å². The van der Waals surface area contributed by atoms with Crippen LogP contribution in [-0.2, 0) is 16.5 Å². The van der Waals surface area contributed by atoms with E-state index in [4.69, 9.17) is 4.74 Å². The van der Waals surface area contributed by atoms with Crippen molar-refractivity contribution in [3.8, 4) is 17.2 Å². The van der Waals surface area contributed by atoms with Crippen molar-refractivity contribution in [2.45, 2.75) is 88.9 Å². The first kappa shape index (κ1) is 29.6. The van der Waals surface area contributed by atoms with Crippen LogP contribution in [0.15, 0.2) is 47.4 Å². The predicted molar refractivity (Wildman–Crippen MR) is 122 cm³/mol. The minimum absolute atomic E-state index is 0. The van der Waals surface area contributed by atoms with Crippen molar-refractivity contribution in [3.63, 3.8) is 0 Å². The van der Waals surface area contributed by atoms with Crippen molar-refractivity contribution < 1.29 is 74.2 Å². The summed E-state index contributed by atoms with van der Waals surface area (Å²) < 4.78 is 39.5. The summed E-state index contributed by atoms with van der Waals surface area (Å²) in [4.78, 5) is -0.210. The number of unbranched alkanes of at least 4 members (excludes halogenated alkanes) is 10. The Morgan fingerprint density at radius 3 is 1.97 bits per heavy atom. The van der Waals surface area contributed by atoms with Crippen LogP contribution in [0.2, 0.25) is 0 Å². The third-order valence-corrected chi connectivity index (χ3v) is 6.38. The number of rotatable bonds is 15. The van der Waals surface area contributed by atoms with Crippen molar-refractivity contribution >= 4 is 10.1 Å². The summed E-state index contributed by atoms with van der Waals surface area (Å²) in [5.74, 6) is 0.0425. The van der Waals surface area contributed by atoms with E-state index in [1.807, 2.05) is 0 Å². The van der Waals surface area contributed by atoms with Crippen LogP contribution in [0.4, 0.5) is 0 Å². The molecule has 0 saturated carbocycles. The number of aryl methyl sites for hydroxylation is 1. The molecule has 1 N–H and O–H groups in total. The molecule has 2 aromatic carbocycles. The SMILES string of the molecule is CCCCCCCCCCCCCc1cccc(Oc2cccc([O-])c2)c1S(=O)(=O)O.[K+]. The molecule has 0 unspecified atom stereocenters. The monoisotopic (exact) mass is 486 g/mol. The Morgan fingerprint density at radius 1 is 0.844 bits per heavy atom. The maximum atomic E-state index is 12.0. The summed E-state index contributed by atoms with van der Waals surface area (Å²) in [5, 5.41) is 11.5. The van der Waals surface area contributed by atoms with E-state index in [-0.39, 0.29) is 73.5 Å². The third kappa shape index (κ3) is 11.1. The smallest absolute Gasteiger partial charge is 0.872 e. The van der Waals surface area contributed by atoms with E-state index in [2.05, 4.69) is 6.92 Å². The number of hydrogen-bond acceptors (Lipinski definition) is 4. The van der Waals surface area contributed by atoms with E-state index in [0.717, 1.165) is 19.3 Å². The molecule has 0 radical (unpaired) electrons. The zero-order valence-electron chi connectivity index (χ0n) is 19.5. The fourth-order valence-electron chi connectivity index (χ4n) is 3.78. The van der Waals surface area contributed by atoms with Crippen molar-refractivity contribution in [1.82, 2.24) is 0 Å². The summed E-state index contributed by atoms with van der Waals surface area (Å²) in [6.45, 7) is 2.23. The molecule has 0 saturated heterocycles. The van der Waals surface area contributed by atoms with Gasteiger partial charge in [-0.2, -0.15) is 8.42 Å². The average Bonchev–Trinajstić information content (AvgIpc) is 2.71. The molecule has 0 aliphatic rings. The first-order valence-electron chi connectivity index (χ1n) is 11.5. The molecule has 0 bridgehead atoms. The average molecular weight is 487 g/mol. The van der Waals surface area contributed by atoms with Gasteiger partial charge in [0.05, 0.1) is 0 Å². The maximum Gasteiger partial charge on any atom is 1.00 e. The third-order valence-electron chi connectivity index (χ3n) is 5.40. The van der Waals surface area contributed by atoms with Crippen LogP contribution in [0.5, 0.6) is 17.2 Å². The van der Waals surface area contributed by atoms with Crippen LogP contribution in [0.3, 0.4) is 0 Å². The Labute approximate surface area is 236 Å². The molecule has 0 heterocycles. The molecule has 0 aromatic heterocycles. The van der Waals surface area contributed by atoms with Gasteiger partial charge in [0.1, 0.15) is 16.4 Å². The Hall–Kier alpha value is -0.414. The van der Waals surface area contributed by atoms with Crippen molar-refractivity contribution in [2.24, 2.45) is 0 Å². The quantitative estimate of drug-likeness (QED) is 0.236. The summed E-state index contributed by atoms with van der Waals surface area (Å²) in [6.07, 6.45) is 13.9. The van der Waals surface area contributed by atoms with E-state index in [1.165, 1.54) is 69.6 Å². The molecule has 172 valence electrons. The second-order valence-corrected chi connectivity index (χ2v) is 9.44. The fourth-order valence-corrected chi connectivity index (χ4v) is 4.64. The Morgan fingerprint density at radius 2 is 1.41 bits per heavy atom. The van der Waals surface area contributed by atoms with Crippen LogP contribution in [-0.4, -0.2) is 13.0 Å². The zero-order valence-corrected chi connectivity index (χ0v) is 23.5. The zero-order chi connectivity index (χ0) is 22.5. The van der Waals surface area contributed by atoms with Gasteiger partial charge in [-0.05, 0) is 36.6 Å². The summed E-state index contributed by atoms with van der Waals surface area (Å²) in [6, 6.07) is 10.7. The van der Waals surface area contributed by atoms with Gasteiger partial charge in [-0.1, -0.05) is 95.4 Å². The second kappa shape index (κ2) is 16.3. The minimum atomic E-state index is -4.46. The molecule has 0 fully saturated rings. The van der Waals surface area contributed by atoms with Gasteiger partial charge in [-0.15, -0.1) is 5.75 Å². The first-order chi connectivity index (χ1) is 14.9. The minimum Gasteiger partial charge on any atom is -0.872 e. The predicted octanol–water partition coefficient (Wildman–Crippen LogP) is 3.66. The van der Waals surface area contributed by atoms with Gasteiger partial charge in [0, 0.05) is 0 Å². The summed E-state index contributed by atoms with van der Waals surface area (Å²) >= 11 is 0. The molecule has 0 aliphatic carbocycles. The van der Waals surface area contributed by atoms with Crippen LogP contribution in [0.25, 0.3) is 0 Å². The molecule has 5 nitrogen and oxygen atoms in total. The number of hydrogen-bond donors (Lipinski definition) is 1. The van der Waals surface area contributed by atoms with Crippen LogP contribution in [0.1, 0.15) is 83.1 Å². The maximum absolute atomic E-state index is 12.0. The molecule has 0 aliphatic heterocycles. The van der Waals surface area contributed by atoms with Crippen LogP contribution >= 0.6 is 0 Å². The van der Waals surface area contributed by atoms with Gasteiger partial charge in [-0.3, -0.25) is 4.55 Å². The van der Waals surface area contributed by atoms with E-state index >= 15 is 0 Å². The second-order valence-electron chi connectivity index (χ2n) is 8.08. The van der Waals surface area contributed by atoms with Crippen molar-refractivity contribution in [3.05, 3.63) is 48.0 Å². The summed E-state index contributed by atoms with van der Waals surface area (Å²) in [5.41, 5.74) is 0.536. The molecule has 2 rings (SSSR count). The van der Waals surface area contributed by atoms with Crippen molar-refractivity contribution in [1.29, 1.82) is 0 Å². The molecule has 2 aromatic rings. The van der Waals surface area contributed by atoms with E-state index in [0.29, 0.717) is 12.0 Å². The van der Waals surface area contributed by atoms with Gasteiger partial charge < -0.3 is 9.84 Å². The van der Waals surface area contributed by atoms with Gasteiger partial charge in [0.25, 0.3) is 10.1 Å². The Kier molecular flexibility index (Phi) is 15.0. The van der Waals surface area contributed by atoms with Gasteiger partial charge in [0.15, 0.2) is 0 Å². The number of benzene rings is 2. The van der Waals surface area contributed by atoms with Crippen LogP contribution in [0, 0.1) is 0 Å². The van der Waals surface area contributed by atoms with Gasteiger partial charge in [0.2, 0.25) is 0 Å².